The van der Waals surface area contributed by atoms with Crippen molar-refractivity contribution in [2.24, 2.45) is 0 Å². The van der Waals surface area contributed by atoms with Crippen molar-refractivity contribution in [3.05, 3.63) is 77.4 Å². The average molecular weight is 410 g/mol. The molecule has 0 spiro atoms. The first-order valence-electron chi connectivity index (χ1n) is 10.4. The topological polar surface area (TPSA) is 57.7 Å². The van der Waals surface area contributed by atoms with E-state index in [0.29, 0.717) is 6.42 Å². The average Bonchev–Trinajstić information content (AvgIpc) is 3.29. The third kappa shape index (κ3) is 3.22. The number of amides is 2. The molecule has 0 radical (unpaired) electrons. The van der Waals surface area contributed by atoms with Crippen molar-refractivity contribution in [2.75, 3.05) is 19.0 Å². The minimum Gasteiger partial charge on any atom is -0.378 e. The second kappa shape index (κ2) is 7.20. The summed E-state index contributed by atoms with van der Waals surface area (Å²) < 4.78 is 0. The van der Waals surface area contributed by atoms with Gasteiger partial charge >= 0.3 is 0 Å². The quantitative estimate of drug-likeness (QED) is 0.607. The minimum absolute atomic E-state index is 0.186. The molecule has 154 valence electrons. The van der Waals surface area contributed by atoms with Crippen molar-refractivity contribution in [3.8, 4) is 11.1 Å². The summed E-state index contributed by atoms with van der Waals surface area (Å²) in [5.74, 6) is -0.393. The third-order valence-electron chi connectivity index (χ3n) is 6.11. The molecule has 0 saturated heterocycles. The van der Waals surface area contributed by atoms with Crippen LogP contribution < -0.4 is 4.90 Å². The highest BCUT2D eigenvalue weighted by atomic mass is 16.2. The summed E-state index contributed by atoms with van der Waals surface area (Å²) in [6.45, 7) is 0.238. The summed E-state index contributed by atoms with van der Waals surface area (Å²) in [7, 11) is 4.01. The van der Waals surface area contributed by atoms with E-state index in [0.717, 1.165) is 50.7 Å². The van der Waals surface area contributed by atoms with Crippen LogP contribution in [0.3, 0.4) is 0 Å². The molecular weight excluding hydrogens is 388 g/mol. The van der Waals surface area contributed by atoms with Crippen molar-refractivity contribution in [3.63, 3.8) is 0 Å². The second-order valence-electron chi connectivity index (χ2n) is 8.30. The summed E-state index contributed by atoms with van der Waals surface area (Å²) in [4.78, 5) is 39.8. The number of anilines is 1. The van der Waals surface area contributed by atoms with Crippen molar-refractivity contribution in [1.29, 1.82) is 0 Å². The SMILES string of the molecule is CN(C)c1ccc2cc3c(c(-c4ccc(CN5C(=O)C=CC5=O)cc4)c2c1)C(=O)CC3. The first-order valence-corrected chi connectivity index (χ1v) is 10.4. The van der Waals surface area contributed by atoms with Crippen LogP contribution in [0.5, 0.6) is 0 Å². The predicted octanol–water partition coefficient (Wildman–Crippen LogP) is 4.13. The molecule has 5 nitrogen and oxygen atoms in total. The molecule has 0 unspecified atom stereocenters. The highest BCUT2D eigenvalue weighted by Crippen LogP contribution is 2.40. The third-order valence-corrected chi connectivity index (χ3v) is 6.11. The van der Waals surface area contributed by atoms with Crippen molar-refractivity contribution in [2.45, 2.75) is 19.4 Å². The zero-order valence-electron chi connectivity index (χ0n) is 17.5. The van der Waals surface area contributed by atoms with E-state index in [-0.39, 0.29) is 24.1 Å². The van der Waals surface area contributed by atoms with Crippen LogP contribution in [0.15, 0.2) is 60.7 Å². The molecule has 1 heterocycles. The van der Waals surface area contributed by atoms with Crippen molar-refractivity contribution < 1.29 is 14.4 Å². The number of benzene rings is 3. The van der Waals surface area contributed by atoms with Crippen molar-refractivity contribution in [1.82, 2.24) is 4.90 Å². The van der Waals surface area contributed by atoms with Gasteiger partial charge in [0.1, 0.15) is 0 Å². The maximum absolute atomic E-state index is 12.8. The number of Topliss-reactive ketones (excluding diaryl/α,β-unsaturated/α-hetero) is 1. The molecule has 0 fully saturated rings. The Bertz CT molecular complexity index is 1270. The number of carbonyl (C=O) groups is 3. The Morgan fingerprint density at radius 3 is 2.23 bits per heavy atom. The normalized spacial score (nSPS) is 15.3. The molecule has 31 heavy (non-hydrogen) atoms. The molecule has 0 saturated carbocycles. The number of hydrogen-bond donors (Lipinski definition) is 0. The number of ketones is 1. The fourth-order valence-electron chi connectivity index (χ4n) is 4.45. The Morgan fingerprint density at radius 1 is 0.839 bits per heavy atom. The largest absolute Gasteiger partial charge is 0.378 e. The van der Waals surface area contributed by atoms with Gasteiger partial charge < -0.3 is 4.90 Å². The van der Waals surface area contributed by atoms with E-state index in [1.807, 2.05) is 38.4 Å². The van der Waals surface area contributed by atoms with Crippen LogP contribution in [-0.4, -0.2) is 36.6 Å². The fourth-order valence-corrected chi connectivity index (χ4v) is 4.45. The number of rotatable bonds is 4. The Kier molecular flexibility index (Phi) is 4.47. The van der Waals surface area contributed by atoms with Gasteiger partial charge in [0.05, 0.1) is 6.54 Å². The van der Waals surface area contributed by atoms with Gasteiger partial charge in [0.15, 0.2) is 5.78 Å². The molecule has 5 rings (SSSR count). The monoisotopic (exact) mass is 410 g/mol. The lowest BCUT2D eigenvalue weighted by atomic mass is 9.90. The lowest BCUT2D eigenvalue weighted by Crippen LogP contribution is -2.29. The summed E-state index contributed by atoms with van der Waals surface area (Å²) >= 11 is 0. The molecule has 2 amide bonds. The standard InChI is InChI=1S/C26H22N2O3/c1-27(2)20-9-7-18-13-19-8-10-22(29)26(19)25(21(18)14-20)17-5-3-16(4-6-17)15-28-23(30)11-12-24(28)31/h3-7,9,11-14H,8,10,15H2,1-2H3. The Balaban J connectivity index is 1.61. The van der Waals surface area contributed by atoms with Gasteiger partial charge in [-0.05, 0) is 46.0 Å². The van der Waals surface area contributed by atoms with Gasteiger partial charge in [0.25, 0.3) is 11.8 Å². The van der Waals surface area contributed by atoms with Crippen LogP contribution in [0.4, 0.5) is 5.69 Å². The number of carbonyl (C=O) groups excluding carboxylic acids is 3. The van der Waals surface area contributed by atoms with Gasteiger partial charge in [-0.15, -0.1) is 0 Å². The number of aryl methyl sites for hydroxylation is 1. The van der Waals surface area contributed by atoms with E-state index >= 15 is 0 Å². The maximum Gasteiger partial charge on any atom is 0.253 e. The van der Waals surface area contributed by atoms with E-state index in [2.05, 4.69) is 29.2 Å². The molecule has 0 atom stereocenters. The van der Waals surface area contributed by atoms with E-state index < -0.39 is 0 Å². The van der Waals surface area contributed by atoms with Crippen LogP contribution >= 0.6 is 0 Å². The molecule has 2 aliphatic rings. The Labute approximate surface area is 180 Å². The van der Waals surface area contributed by atoms with Crippen LogP contribution in [0.25, 0.3) is 21.9 Å². The lowest BCUT2D eigenvalue weighted by Gasteiger charge is -2.18. The van der Waals surface area contributed by atoms with E-state index in [9.17, 15) is 14.4 Å². The van der Waals surface area contributed by atoms with E-state index in [4.69, 9.17) is 0 Å². The highest BCUT2D eigenvalue weighted by Gasteiger charge is 2.26. The molecule has 0 bridgehead atoms. The molecule has 0 N–H and O–H groups in total. The number of nitrogens with zero attached hydrogens (tertiary/aromatic N) is 2. The Hall–Kier alpha value is -3.73. The van der Waals surface area contributed by atoms with E-state index in [1.54, 1.807) is 0 Å². The molecule has 1 aliphatic carbocycles. The lowest BCUT2D eigenvalue weighted by molar-refractivity contribution is -0.137. The van der Waals surface area contributed by atoms with Crippen LogP contribution in [0.1, 0.15) is 27.9 Å². The van der Waals surface area contributed by atoms with Gasteiger partial charge in [-0.3, -0.25) is 19.3 Å². The van der Waals surface area contributed by atoms with E-state index in [1.165, 1.54) is 17.1 Å². The van der Waals surface area contributed by atoms with Crippen LogP contribution in [-0.2, 0) is 22.6 Å². The highest BCUT2D eigenvalue weighted by molar-refractivity contribution is 6.14. The maximum atomic E-state index is 12.8. The second-order valence-corrected chi connectivity index (χ2v) is 8.30. The summed E-state index contributed by atoms with van der Waals surface area (Å²) in [5.41, 5.74) is 5.81. The number of imide groups is 1. The zero-order chi connectivity index (χ0) is 21.7. The predicted molar refractivity (Wildman–Crippen MR) is 121 cm³/mol. The van der Waals surface area contributed by atoms with Gasteiger partial charge in [0.2, 0.25) is 0 Å². The summed E-state index contributed by atoms with van der Waals surface area (Å²) in [6, 6.07) is 16.3. The molecule has 0 aromatic heterocycles. The van der Waals surface area contributed by atoms with Gasteiger partial charge in [-0.2, -0.15) is 0 Å². The van der Waals surface area contributed by atoms with Gasteiger partial charge in [0, 0.05) is 49.5 Å². The first kappa shape index (κ1) is 19.2. The molecule has 3 aromatic carbocycles. The smallest absolute Gasteiger partial charge is 0.253 e. The molecular formula is C26H22N2O3. The fraction of sp³-hybridized carbons (Fsp3) is 0.192. The van der Waals surface area contributed by atoms with Crippen molar-refractivity contribution >= 4 is 34.1 Å². The van der Waals surface area contributed by atoms with Gasteiger partial charge in [-0.25, -0.2) is 0 Å². The summed E-state index contributed by atoms with van der Waals surface area (Å²) in [5, 5.41) is 2.18. The van der Waals surface area contributed by atoms with Crippen LogP contribution in [0, 0.1) is 0 Å². The number of fused-ring (bicyclic) bond motifs is 2. The molecule has 5 heteroatoms. The zero-order valence-corrected chi connectivity index (χ0v) is 17.5. The molecule has 1 aliphatic heterocycles. The van der Waals surface area contributed by atoms with Crippen LogP contribution in [0.2, 0.25) is 0 Å². The van der Waals surface area contributed by atoms with Gasteiger partial charge in [-0.1, -0.05) is 36.4 Å². The Morgan fingerprint density at radius 2 is 1.55 bits per heavy atom. The first-order chi connectivity index (χ1) is 14.9. The number of hydrogen-bond acceptors (Lipinski definition) is 4. The minimum atomic E-state index is -0.289. The molecule has 3 aromatic rings. The summed E-state index contributed by atoms with van der Waals surface area (Å²) in [6.07, 6.45) is 3.91.